The molecule has 1 amide bonds. The fourth-order valence-corrected chi connectivity index (χ4v) is 2.74. The fourth-order valence-electron chi connectivity index (χ4n) is 2.52. The van der Waals surface area contributed by atoms with Gasteiger partial charge in [-0.1, -0.05) is 11.6 Å². The number of halogens is 1. The molecule has 1 saturated heterocycles. The van der Waals surface area contributed by atoms with Gasteiger partial charge in [0, 0.05) is 18.3 Å². The molecule has 1 unspecified atom stereocenters. The van der Waals surface area contributed by atoms with Crippen molar-refractivity contribution in [3.63, 3.8) is 0 Å². The highest BCUT2D eigenvalue weighted by atomic mass is 35.5. The smallest absolute Gasteiger partial charge is 0.238 e. The molecule has 1 aliphatic heterocycles. The Labute approximate surface area is 129 Å². The summed E-state index contributed by atoms with van der Waals surface area (Å²) in [7, 11) is 1.95. The second-order valence-corrected chi connectivity index (χ2v) is 5.62. The molecule has 21 heavy (non-hydrogen) atoms. The van der Waals surface area contributed by atoms with Gasteiger partial charge in [-0.3, -0.25) is 9.69 Å². The SMILES string of the molecule is CNC1CCCN(CC(=O)Nc2ccc(C#N)c(Cl)c2)C1. The summed E-state index contributed by atoms with van der Waals surface area (Å²) in [4.78, 5) is 14.2. The van der Waals surface area contributed by atoms with E-state index in [1.165, 1.54) is 0 Å². The number of nitriles is 1. The minimum absolute atomic E-state index is 0.0625. The number of piperidine rings is 1. The fraction of sp³-hybridized carbons (Fsp3) is 0.467. The van der Waals surface area contributed by atoms with Crippen LogP contribution in [0.15, 0.2) is 18.2 Å². The molecule has 2 rings (SSSR count). The van der Waals surface area contributed by atoms with Crippen LogP contribution in [0, 0.1) is 11.3 Å². The van der Waals surface area contributed by atoms with Crippen molar-refractivity contribution in [3.05, 3.63) is 28.8 Å². The lowest BCUT2D eigenvalue weighted by molar-refractivity contribution is -0.117. The second-order valence-electron chi connectivity index (χ2n) is 5.22. The summed E-state index contributed by atoms with van der Waals surface area (Å²) in [5.41, 5.74) is 1.02. The number of carbonyl (C=O) groups excluding carboxylic acids is 1. The molecule has 1 fully saturated rings. The van der Waals surface area contributed by atoms with Crippen LogP contribution in [0.2, 0.25) is 5.02 Å². The van der Waals surface area contributed by atoms with Crippen molar-refractivity contribution in [1.82, 2.24) is 10.2 Å². The highest BCUT2D eigenvalue weighted by molar-refractivity contribution is 6.32. The molecule has 0 spiro atoms. The number of nitrogens with one attached hydrogen (secondary N) is 2. The van der Waals surface area contributed by atoms with E-state index in [0.717, 1.165) is 25.9 Å². The van der Waals surface area contributed by atoms with Gasteiger partial charge in [-0.25, -0.2) is 0 Å². The first-order chi connectivity index (χ1) is 10.1. The van der Waals surface area contributed by atoms with Crippen LogP contribution in [0.4, 0.5) is 5.69 Å². The van der Waals surface area contributed by atoms with Gasteiger partial charge in [-0.15, -0.1) is 0 Å². The van der Waals surface area contributed by atoms with Crippen LogP contribution in [0.5, 0.6) is 0 Å². The molecule has 0 aliphatic carbocycles. The van der Waals surface area contributed by atoms with Crippen molar-refractivity contribution in [3.8, 4) is 6.07 Å². The molecular weight excluding hydrogens is 288 g/mol. The molecule has 2 N–H and O–H groups in total. The number of nitrogens with zero attached hydrogens (tertiary/aromatic N) is 2. The third-order valence-electron chi connectivity index (χ3n) is 3.65. The summed E-state index contributed by atoms with van der Waals surface area (Å²) in [6.45, 7) is 2.20. The Morgan fingerprint density at radius 2 is 2.38 bits per heavy atom. The van der Waals surface area contributed by atoms with Gasteiger partial charge < -0.3 is 10.6 Å². The average Bonchev–Trinajstić information content (AvgIpc) is 2.47. The van der Waals surface area contributed by atoms with Gasteiger partial charge in [0.25, 0.3) is 0 Å². The van der Waals surface area contributed by atoms with Gasteiger partial charge in [0.2, 0.25) is 5.91 Å². The highest BCUT2D eigenvalue weighted by Gasteiger charge is 2.20. The van der Waals surface area contributed by atoms with Crippen LogP contribution < -0.4 is 10.6 Å². The number of benzene rings is 1. The Balaban J connectivity index is 1.90. The zero-order valence-corrected chi connectivity index (χ0v) is 12.8. The molecule has 112 valence electrons. The predicted molar refractivity (Wildman–Crippen MR) is 83.3 cm³/mol. The Morgan fingerprint density at radius 3 is 3.05 bits per heavy atom. The van der Waals surface area contributed by atoms with E-state index in [4.69, 9.17) is 16.9 Å². The summed E-state index contributed by atoms with van der Waals surface area (Å²) < 4.78 is 0. The topological polar surface area (TPSA) is 68.2 Å². The third-order valence-corrected chi connectivity index (χ3v) is 3.97. The van der Waals surface area contributed by atoms with Gasteiger partial charge in [0.05, 0.1) is 17.1 Å². The van der Waals surface area contributed by atoms with Gasteiger partial charge >= 0.3 is 0 Å². The average molecular weight is 307 g/mol. The maximum absolute atomic E-state index is 12.1. The van der Waals surface area contributed by atoms with E-state index < -0.39 is 0 Å². The molecule has 1 aromatic rings. The number of rotatable bonds is 4. The molecular formula is C15H19ClN4O. The molecule has 1 aliphatic rings. The molecule has 0 bridgehead atoms. The Hall–Kier alpha value is -1.61. The maximum atomic E-state index is 12.1. The van der Waals surface area contributed by atoms with E-state index in [1.54, 1.807) is 18.2 Å². The first kappa shape index (κ1) is 15.8. The quantitative estimate of drug-likeness (QED) is 0.890. The van der Waals surface area contributed by atoms with Crippen molar-refractivity contribution in [1.29, 1.82) is 5.26 Å². The van der Waals surface area contributed by atoms with E-state index in [-0.39, 0.29) is 5.91 Å². The first-order valence-corrected chi connectivity index (χ1v) is 7.39. The number of hydrogen-bond acceptors (Lipinski definition) is 4. The van der Waals surface area contributed by atoms with Gasteiger partial charge in [0.1, 0.15) is 6.07 Å². The summed E-state index contributed by atoms with van der Waals surface area (Å²) >= 11 is 5.95. The zero-order valence-electron chi connectivity index (χ0n) is 12.0. The van der Waals surface area contributed by atoms with E-state index in [2.05, 4.69) is 15.5 Å². The van der Waals surface area contributed by atoms with Crippen LogP contribution >= 0.6 is 11.6 Å². The summed E-state index contributed by atoms with van der Waals surface area (Å²) in [6, 6.07) is 7.35. The van der Waals surface area contributed by atoms with Crippen LogP contribution in [0.25, 0.3) is 0 Å². The predicted octanol–water partition coefficient (Wildman–Crippen LogP) is 1.83. The maximum Gasteiger partial charge on any atom is 0.238 e. The molecule has 1 aromatic carbocycles. The van der Waals surface area contributed by atoms with Crippen LogP contribution in [0.3, 0.4) is 0 Å². The van der Waals surface area contributed by atoms with Crippen molar-refractivity contribution in [2.24, 2.45) is 0 Å². The monoisotopic (exact) mass is 306 g/mol. The number of anilines is 1. The van der Waals surface area contributed by atoms with Crippen LogP contribution in [-0.2, 0) is 4.79 Å². The number of hydrogen-bond donors (Lipinski definition) is 2. The van der Waals surface area contributed by atoms with Gasteiger partial charge in [-0.2, -0.15) is 5.26 Å². The first-order valence-electron chi connectivity index (χ1n) is 7.01. The van der Waals surface area contributed by atoms with E-state index in [0.29, 0.717) is 28.9 Å². The molecule has 5 nitrogen and oxygen atoms in total. The van der Waals surface area contributed by atoms with E-state index >= 15 is 0 Å². The number of carbonyl (C=O) groups is 1. The molecule has 1 heterocycles. The number of likely N-dealkylation sites (tertiary alicyclic amines) is 1. The number of likely N-dealkylation sites (N-methyl/N-ethyl adjacent to an activating group) is 1. The second kappa shape index (κ2) is 7.41. The number of amides is 1. The van der Waals surface area contributed by atoms with Gasteiger partial charge in [-0.05, 0) is 44.6 Å². The van der Waals surface area contributed by atoms with Crippen molar-refractivity contribution >= 4 is 23.2 Å². The molecule has 0 radical (unpaired) electrons. The zero-order chi connectivity index (χ0) is 15.2. The van der Waals surface area contributed by atoms with E-state index in [1.807, 2.05) is 13.1 Å². The van der Waals surface area contributed by atoms with Crippen LogP contribution in [0.1, 0.15) is 18.4 Å². The standard InChI is InChI=1S/C15H19ClN4O/c1-18-13-3-2-6-20(9-13)10-15(21)19-12-5-4-11(8-17)14(16)7-12/h4-5,7,13,18H,2-3,6,9-10H2,1H3,(H,19,21). The highest BCUT2D eigenvalue weighted by Crippen LogP contribution is 2.20. The third kappa shape index (κ3) is 4.43. The largest absolute Gasteiger partial charge is 0.325 e. The Bertz CT molecular complexity index is 555. The van der Waals surface area contributed by atoms with Crippen LogP contribution in [-0.4, -0.2) is 43.5 Å². The lowest BCUT2D eigenvalue weighted by atomic mass is 10.1. The lowest BCUT2D eigenvalue weighted by Crippen LogP contribution is -2.46. The van der Waals surface area contributed by atoms with Crippen molar-refractivity contribution < 1.29 is 4.79 Å². The Kier molecular flexibility index (Phi) is 5.57. The lowest BCUT2D eigenvalue weighted by Gasteiger charge is -2.31. The minimum Gasteiger partial charge on any atom is -0.325 e. The van der Waals surface area contributed by atoms with Crippen molar-refractivity contribution in [2.45, 2.75) is 18.9 Å². The summed E-state index contributed by atoms with van der Waals surface area (Å²) in [6.07, 6.45) is 2.25. The normalized spacial score (nSPS) is 19.0. The molecule has 1 atom stereocenters. The summed E-state index contributed by atoms with van der Waals surface area (Å²) in [5.74, 6) is -0.0625. The molecule has 0 saturated carbocycles. The van der Waals surface area contributed by atoms with Crippen molar-refractivity contribution in [2.75, 3.05) is 32.0 Å². The minimum atomic E-state index is -0.0625. The molecule has 6 heteroatoms. The van der Waals surface area contributed by atoms with Gasteiger partial charge in [0.15, 0.2) is 0 Å². The Morgan fingerprint density at radius 1 is 1.57 bits per heavy atom. The van der Waals surface area contributed by atoms with E-state index in [9.17, 15) is 4.79 Å². The summed E-state index contributed by atoms with van der Waals surface area (Å²) in [5, 5.41) is 15.2. The molecule has 0 aromatic heterocycles.